The molecular formula is C21H18BrF2N3O3. The number of hydrazine groups is 1. The average molecular weight is 478 g/mol. The smallest absolute Gasteiger partial charge is 0.267 e. The quantitative estimate of drug-likeness (QED) is 0.664. The first-order valence-electron chi connectivity index (χ1n) is 8.98. The van der Waals surface area contributed by atoms with Gasteiger partial charge in [0.25, 0.3) is 5.91 Å². The molecule has 2 aromatic carbocycles. The number of nitrogens with one attached hydrogen (secondary N) is 2. The maximum absolute atomic E-state index is 14.0. The minimum absolute atomic E-state index is 0.00659. The lowest BCUT2D eigenvalue weighted by atomic mass is 10.1. The third-order valence-electron chi connectivity index (χ3n) is 4.58. The van der Waals surface area contributed by atoms with Gasteiger partial charge in [-0.05, 0) is 58.2 Å². The number of benzene rings is 2. The van der Waals surface area contributed by atoms with E-state index in [-0.39, 0.29) is 24.2 Å². The summed E-state index contributed by atoms with van der Waals surface area (Å²) in [5.41, 5.74) is 6.12. The third kappa shape index (κ3) is 4.56. The first-order chi connectivity index (χ1) is 14.2. The Hall–Kier alpha value is -3.07. The molecule has 0 saturated heterocycles. The topological polar surface area (TPSA) is 78.5 Å². The number of halogens is 3. The van der Waals surface area contributed by atoms with Crippen LogP contribution >= 0.6 is 15.9 Å². The third-order valence-corrected chi connectivity index (χ3v) is 5.49. The highest BCUT2D eigenvalue weighted by atomic mass is 79.9. The SMILES string of the molecule is CC(=O)NNC(=O)C1=C(Br)c2ccc(F)cc2N(Cc2ccc(C)c(F)c2)C(=O)C1. The van der Waals surface area contributed by atoms with Crippen molar-refractivity contribution in [3.63, 3.8) is 0 Å². The zero-order chi connectivity index (χ0) is 22.0. The fraction of sp³-hybridized carbons (Fsp3) is 0.190. The van der Waals surface area contributed by atoms with Crippen LogP contribution in [-0.2, 0) is 20.9 Å². The molecule has 0 fully saturated rings. The van der Waals surface area contributed by atoms with E-state index in [0.29, 0.717) is 21.2 Å². The Kier molecular flexibility index (Phi) is 6.31. The lowest BCUT2D eigenvalue weighted by Gasteiger charge is -2.23. The highest BCUT2D eigenvalue weighted by molar-refractivity contribution is 9.15. The van der Waals surface area contributed by atoms with E-state index >= 15 is 0 Å². The second-order valence-electron chi connectivity index (χ2n) is 6.83. The first-order valence-corrected chi connectivity index (χ1v) is 9.77. The molecule has 0 aromatic heterocycles. The normalized spacial score (nSPS) is 13.6. The highest BCUT2D eigenvalue weighted by Crippen LogP contribution is 2.39. The molecule has 2 aromatic rings. The maximum atomic E-state index is 14.0. The van der Waals surface area contributed by atoms with Gasteiger partial charge < -0.3 is 4.90 Å². The van der Waals surface area contributed by atoms with E-state index in [0.717, 1.165) is 0 Å². The van der Waals surface area contributed by atoms with Crippen molar-refractivity contribution in [2.75, 3.05) is 4.90 Å². The summed E-state index contributed by atoms with van der Waals surface area (Å²) in [5, 5.41) is 0. The van der Waals surface area contributed by atoms with Crippen LogP contribution in [0.4, 0.5) is 14.5 Å². The van der Waals surface area contributed by atoms with E-state index in [1.165, 1.54) is 36.1 Å². The predicted octanol–water partition coefficient (Wildman–Crippen LogP) is 3.48. The summed E-state index contributed by atoms with van der Waals surface area (Å²) < 4.78 is 28.3. The number of hydrogen-bond donors (Lipinski definition) is 2. The molecule has 30 heavy (non-hydrogen) atoms. The van der Waals surface area contributed by atoms with Gasteiger partial charge in [0.05, 0.1) is 18.7 Å². The summed E-state index contributed by atoms with van der Waals surface area (Å²) in [6.07, 6.45) is -0.309. The summed E-state index contributed by atoms with van der Waals surface area (Å²) in [5.74, 6) is -2.61. The molecule has 156 valence electrons. The number of anilines is 1. The number of nitrogens with zero attached hydrogens (tertiary/aromatic N) is 1. The van der Waals surface area contributed by atoms with Gasteiger partial charge in [0.15, 0.2) is 0 Å². The van der Waals surface area contributed by atoms with Crippen LogP contribution in [0.2, 0.25) is 0 Å². The van der Waals surface area contributed by atoms with Gasteiger partial charge in [-0.15, -0.1) is 0 Å². The number of amides is 3. The van der Waals surface area contributed by atoms with E-state index in [1.807, 2.05) is 0 Å². The second-order valence-corrected chi connectivity index (χ2v) is 7.62. The molecule has 0 radical (unpaired) electrons. The molecule has 2 N–H and O–H groups in total. The van der Waals surface area contributed by atoms with Gasteiger partial charge in [-0.25, -0.2) is 8.78 Å². The van der Waals surface area contributed by atoms with Gasteiger partial charge in [-0.3, -0.25) is 25.2 Å². The van der Waals surface area contributed by atoms with Crippen molar-refractivity contribution in [2.45, 2.75) is 26.8 Å². The Morgan fingerprint density at radius 3 is 2.53 bits per heavy atom. The standard InChI is InChI=1S/C21H18BrF2N3O3/c1-11-3-4-13(7-17(11)24)10-27-18-8-14(23)5-6-15(18)20(22)16(9-19(27)29)21(30)26-25-12(2)28/h3-8H,9-10H2,1-2H3,(H,25,28)(H,26,30). The summed E-state index contributed by atoms with van der Waals surface area (Å²) >= 11 is 3.34. The van der Waals surface area contributed by atoms with Crippen molar-refractivity contribution in [2.24, 2.45) is 0 Å². The van der Waals surface area contributed by atoms with Crippen LogP contribution in [0.15, 0.2) is 42.0 Å². The number of aryl methyl sites for hydroxylation is 1. The molecule has 6 nitrogen and oxygen atoms in total. The number of carbonyl (C=O) groups is 3. The maximum Gasteiger partial charge on any atom is 0.267 e. The van der Waals surface area contributed by atoms with Crippen LogP contribution in [-0.4, -0.2) is 17.7 Å². The van der Waals surface area contributed by atoms with Crippen LogP contribution < -0.4 is 15.8 Å². The largest absolute Gasteiger partial charge is 0.307 e. The molecule has 1 aliphatic rings. The van der Waals surface area contributed by atoms with Gasteiger partial charge >= 0.3 is 0 Å². The van der Waals surface area contributed by atoms with E-state index in [2.05, 4.69) is 26.8 Å². The molecule has 3 amide bonds. The van der Waals surface area contributed by atoms with Crippen LogP contribution in [0.25, 0.3) is 4.48 Å². The number of carbonyl (C=O) groups excluding carboxylic acids is 3. The van der Waals surface area contributed by atoms with Gasteiger partial charge in [-0.2, -0.15) is 0 Å². The van der Waals surface area contributed by atoms with Crippen molar-refractivity contribution < 1.29 is 23.2 Å². The number of rotatable bonds is 3. The Balaban J connectivity index is 2.03. The number of hydrogen-bond acceptors (Lipinski definition) is 3. The van der Waals surface area contributed by atoms with Gasteiger partial charge in [0.2, 0.25) is 11.8 Å². The lowest BCUT2D eigenvalue weighted by Crippen LogP contribution is -2.41. The van der Waals surface area contributed by atoms with Crippen LogP contribution in [0.1, 0.15) is 30.0 Å². The summed E-state index contributed by atoms with van der Waals surface area (Å²) in [6.45, 7) is 2.84. The molecular weight excluding hydrogens is 460 g/mol. The fourth-order valence-electron chi connectivity index (χ4n) is 3.03. The molecule has 3 rings (SSSR count). The summed E-state index contributed by atoms with van der Waals surface area (Å²) in [4.78, 5) is 38.0. The van der Waals surface area contributed by atoms with Gasteiger partial charge in [0, 0.05) is 22.5 Å². The molecule has 0 saturated carbocycles. The lowest BCUT2D eigenvalue weighted by molar-refractivity contribution is -0.126. The Bertz CT molecular complexity index is 1090. The Morgan fingerprint density at radius 2 is 1.87 bits per heavy atom. The number of fused-ring (bicyclic) bond motifs is 1. The van der Waals surface area contributed by atoms with Crippen LogP contribution in [0.5, 0.6) is 0 Å². The van der Waals surface area contributed by atoms with E-state index < -0.39 is 29.4 Å². The zero-order valence-electron chi connectivity index (χ0n) is 16.2. The van der Waals surface area contributed by atoms with Crippen molar-refractivity contribution in [1.82, 2.24) is 10.9 Å². The monoisotopic (exact) mass is 477 g/mol. The zero-order valence-corrected chi connectivity index (χ0v) is 17.8. The van der Waals surface area contributed by atoms with Crippen LogP contribution in [0.3, 0.4) is 0 Å². The summed E-state index contributed by atoms with van der Waals surface area (Å²) in [7, 11) is 0. The van der Waals surface area contributed by atoms with Gasteiger partial charge in [-0.1, -0.05) is 12.1 Å². The van der Waals surface area contributed by atoms with Crippen molar-refractivity contribution in [3.05, 3.63) is 70.3 Å². The molecule has 0 bridgehead atoms. The van der Waals surface area contributed by atoms with Crippen molar-refractivity contribution in [3.8, 4) is 0 Å². The molecule has 0 atom stereocenters. The minimum Gasteiger partial charge on any atom is -0.307 e. The second kappa shape index (κ2) is 8.74. The Labute approximate surface area is 180 Å². The molecule has 0 spiro atoms. The minimum atomic E-state index is -0.677. The predicted molar refractivity (Wildman–Crippen MR) is 111 cm³/mol. The van der Waals surface area contributed by atoms with Crippen molar-refractivity contribution in [1.29, 1.82) is 0 Å². The molecule has 0 unspecified atom stereocenters. The molecule has 9 heteroatoms. The van der Waals surface area contributed by atoms with E-state index in [4.69, 9.17) is 0 Å². The average Bonchev–Trinajstić information content (AvgIpc) is 2.79. The van der Waals surface area contributed by atoms with Crippen molar-refractivity contribution >= 4 is 43.8 Å². The van der Waals surface area contributed by atoms with Gasteiger partial charge in [0.1, 0.15) is 11.6 Å². The highest BCUT2D eigenvalue weighted by Gasteiger charge is 2.30. The van der Waals surface area contributed by atoms with E-state index in [1.54, 1.807) is 19.1 Å². The molecule has 1 aliphatic heterocycles. The first kappa shape index (κ1) is 21.6. The Morgan fingerprint density at radius 1 is 1.13 bits per heavy atom. The molecule has 0 aliphatic carbocycles. The fourth-order valence-corrected chi connectivity index (χ4v) is 3.68. The van der Waals surface area contributed by atoms with E-state index in [9.17, 15) is 23.2 Å². The van der Waals surface area contributed by atoms with Crippen LogP contribution in [0, 0.1) is 18.6 Å². The molecule has 1 heterocycles. The summed E-state index contributed by atoms with van der Waals surface area (Å²) in [6, 6.07) is 8.44.